The fourth-order valence-corrected chi connectivity index (χ4v) is 1.86. The Kier molecular flexibility index (Phi) is 3.30. The third kappa shape index (κ3) is 2.48. The van der Waals surface area contributed by atoms with Crippen molar-refractivity contribution in [2.45, 2.75) is 25.1 Å². The second-order valence-corrected chi connectivity index (χ2v) is 4.07. The van der Waals surface area contributed by atoms with Crippen molar-refractivity contribution < 1.29 is 27.8 Å². The number of halogens is 3. The minimum Gasteiger partial charge on any atom is -0.490 e. The number of aliphatic hydroxyl groups is 1. The molecule has 0 spiro atoms. The van der Waals surface area contributed by atoms with Crippen molar-refractivity contribution in [3.05, 3.63) is 29.3 Å². The largest absolute Gasteiger partial charge is 0.490 e. The highest BCUT2D eigenvalue weighted by Crippen LogP contribution is 2.31. The fraction of sp³-hybridized carbons (Fsp3) is 0.417. The molecule has 1 atom stereocenters. The van der Waals surface area contributed by atoms with Crippen LogP contribution in [0.2, 0.25) is 0 Å². The van der Waals surface area contributed by atoms with E-state index in [9.17, 15) is 18.0 Å². The molecule has 98 valence electrons. The van der Waals surface area contributed by atoms with Gasteiger partial charge in [-0.1, -0.05) is 12.1 Å². The standard InChI is InChI=1S/C12H11F3O3/c13-12(14,15)11(17)6-18-10-3-1-2-7-8(10)4-5-9(7)16/h1-3,11,17H,4-6H2. The monoisotopic (exact) mass is 260 g/mol. The van der Waals surface area contributed by atoms with E-state index in [1.807, 2.05) is 0 Å². The van der Waals surface area contributed by atoms with Crippen LogP contribution in [0.25, 0.3) is 0 Å². The van der Waals surface area contributed by atoms with Crippen molar-refractivity contribution in [3.8, 4) is 5.75 Å². The van der Waals surface area contributed by atoms with Crippen LogP contribution in [-0.2, 0) is 6.42 Å². The molecule has 0 radical (unpaired) electrons. The van der Waals surface area contributed by atoms with E-state index in [1.165, 1.54) is 6.07 Å². The maximum atomic E-state index is 12.1. The molecular weight excluding hydrogens is 249 g/mol. The molecule has 1 aliphatic rings. The lowest BCUT2D eigenvalue weighted by Gasteiger charge is -2.16. The summed E-state index contributed by atoms with van der Waals surface area (Å²) in [6.45, 7) is -0.867. The lowest BCUT2D eigenvalue weighted by atomic mass is 10.1. The van der Waals surface area contributed by atoms with Crippen molar-refractivity contribution in [3.63, 3.8) is 0 Å². The molecule has 1 aromatic carbocycles. The smallest absolute Gasteiger partial charge is 0.417 e. The molecule has 1 aromatic rings. The van der Waals surface area contributed by atoms with E-state index in [0.717, 1.165) is 0 Å². The predicted octanol–water partition coefficient (Wildman–Crippen LogP) is 2.12. The first-order valence-electron chi connectivity index (χ1n) is 5.42. The Bertz CT molecular complexity index is 468. The molecule has 1 aliphatic carbocycles. The number of benzene rings is 1. The number of fused-ring (bicyclic) bond motifs is 1. The molecule has 3 nitrogen and oxygen atoms in total. The number of alkyl halides is 3. The average Bonchev–Trinajstić information content (AvgIpc) is 2.67. The van der Waals surface area contributed by atoms with Crippen molar-refractivity contribution >= 4 is 5.78 Å². The van der Waals surface area contributed by atoms with Crippen LogP contribution in [0.1, 0.15) is 22.3 Å². The minimum atomic E-state index is -4.70. The van der Waals surface area contributed by atoms with Gasteiger partial charge in [0.1, 0.15) is 12.4 Å². The number of hydrogen-bond donors (Lipinski definition) is 1. The Morgan fingerprint density at radius 3 is 2.72 bits per heavy atom. The summed E-state index contributed by atoms with van der Waals surface area (Å²) in [6, 6.07) is 4.68. The van der Waals surface area contributed by atoms with Crippen LogP contribution in [-0.4, -0.2) is 29.8 Å². The van der Waals surface area contributed by atoms with Crippen LogP contribution in [0.4, 0.5) is 13.2 Å². The first-order chi connectivity index (χ1) is 8.39. The van der Waals surface area contributed by atoms with Crippen LogP contribution in [0.5, 0.6) is 5.75 Å². The van der Waals surface area contributed by atoms with Crippen molar-refractivity contribution in [1.29, 1.82) is 0 Å². The van der Waals surface area contributed by atoms with Crippen molar-refractivity contribution in [1.82, 2.24) is 0 Å². The average molecular weight is 260 g/mol. The molecule has 2 rings (SSSR count). The Morgan fingerprint density at radius 1 is 1.33 bits per heavy atom. The summed E-state index contributed by atoms with van der Waals surface area (Å²) >= 11 is 0. The summed E-state index contributed by atoms with van der Waals surface area (Å²) in [5, 5.41) is 8.83. The zero-order valence-corrected chi connectivity index (χ0v) is 9.33. The fourth-order valence-electron chi connectivity index (χ4n) is 1.86. The SMILES string of the molecule is O=C1CCc2c(OCC(O)C(F)(F)F)cccc21. The molecule has 0 aliphatic heterocycles. The van der Waals surface area contributed by atoms with Gasteiger partial charge in [-0.15, -0.1) is 0 Å². The van der Waals surface area contributed by atoms with Gasteiger partial charge in [-0.25, -0.2) is 0 Å². The second kappa shape index (κ2) is 4.61. The second-order valence-electron chi connectivity index (χ2n) is 4.07. The number of rotatable bonds is 3. The van der Waals surface area contributed by atoms with Gasteiger partial charge in [0.2, 0.25) is 0 Å². The first-order valence-corrected chi connectivity index (χ1v) is 5.42. The van der Waals surface area contributed by atoms with Crippen molar-refractivity contribution in [2.24, 2.45) is 0 Å². The molecule has 0 amide bonds. The van der Waals surface area contributed by atoms with Crippen molar-refractivity contribution in [2.75, 3.05) is 6.61 Å². The molecule has 0 fully saturated rings. The van der Waals surface area contributed by atoms with Crippen LogP contribution in [0, 0.1) is 0 Å². The lowest BCUT2D eigenvalue weighted by Crippen LogP contribution is -2.34. The summed E-state index contributed by atoms with van der Waals surface area (Å²) in [4.78, 5) is 11.4. The summed E-state index contributed by atoms with van der Waals surface area (Å²) in [5.74, 6) is 0.202. The highest BCUT2D eigenvalue weighted by Gasteiger charge is 2.39. The maximum Gasteiger partial charge on any atom is 0.417 e. The highest BCUT2D eigenvalue weighted by atomic mass is 19.4. The van der Waals surface area contributed by atoms with E-state index in [0.29, 0.717) is 24.0 Å². The third-order valence-corrected chi connectivity index (χ3v) is 2.81. The van der Waals surface area contributed by atoms with Gasteiger partial charge >= 0.3 is 6.18 Å². The molecular formula is C12H11F3O3. The molecule has 0 aromatic heterocycles. The van der Waals surface area contributed by atoms with E-state index < -0.39 is 18.9 Å². The van der Waals surface area contributed by atoms with Gasteiger partial charge in [0.25, 0.3) is 0 Å². The Labute approximate surface area is 101 Å². The Hall–Kier alpha value is -1.56. The number of ketones is 1. The zero-order chi connectivity index (χ0) is 13.3. The number of carbonyl (C=O) groups excluding carboxylic acids is 1. The summed E-state index contributed by atoms with van der Waals surface area (Å²) < 4.78 is 41.3. The Balaban J connectivity index is 2.10. The van der Waals surface area contributed by atoms with Gasteiger partial charge in [-0.3, -0.25) is 4.79 Å². The summed E-state index contributed by atoms with van der Waals surface area (Å²) in [6.07, 6.45) is -6.41. The molecule has 0 heterocycles. The van der Waals surface area contributed by atoms with E-state index >= 15 is 0 Å². The molecule has 18 heavy (non-hydrogen) atoms. The van der Waals surface area contributed by atoms with Gasteiger partial charge in [0, 0.05) is 17.5 Å². The zero-order valence-electron chi connectivity index (χ0n) is 9.33. The number of carbonyl (C=O) groups is 1. The van der Waals surface area contributed by atoms with Gasteiger partial charge < -0.3 is 9.84 Å². The van der Waals surface area contributed by atoms with E-state index in [2.05, 4.69) is 0 Å². The van der Waals surface area contributed by atoms with Crippen LogP contribution >= 0.6 is 0 Å². The van der Waals surface area contributed by atoms with Crippen LogP contribution in [0.3, 0.4) is 0 Å². The molecule has 1 N–H and O–H groups in total. The Morgan fingerprint density at radius 2 is 2.06 bits per heavy atom. The topological polar surface area (TPSA) is 46.5 Å². The summed E-state index contributed by atoms with van der Waals surface area (Å²) in [5.41, 5.74) is 1.12. The van der Waals surface area contributed by atoms with E-state index in [4.69, 9.17) is 9.84 Å². The van der Waals surface area contributed by atoms with Crippen LogP contribution < -0.4 is 4.74 Å². The van der Waals surface area contributed by atoms with Crippen LogP contribution in [0.15, 0.2) is 18.2 Å². The minimum absolute atomic E-state index is 0.0354. The normalized spacial score (nSPS) is 16.6. The molecule has 0 bridgehead atoms. The number of aliphatic hydroxyl groups excluding tert-OH is 1. The highest BCUT2D eigenvalue weighted by molar-refractivity contribution is 6.01. The number of hydrogen-bond acceptors (Lipinski definition) is 3. The summed E-state index contributed by atoms with van der Waals surface area (Å²) in [7, 11) is 0. The van der Waals surface area contributed by atoms with Gasteiger partial charge in [-0.05, 0) is 12.5 Å². The first kappa shape index (κ1) is 12.9. The molecule has 1 unspecified atom stereocenters. The third-order valence-electron chi connectivity index (χ3n) is 2.81. The maximum absolute atomic E-state index is 12.1. The molecule has 0 saturated heterocycles. The molecule has 6 heteroatoms. The van der Waals surface area contributed by atoms with Gasteiger partial charge in [0.15, 0.2) is 11.9 Å². The molecule has 0 saturated carbocycles. The number of ether oxygens (including phenoxy) is 1. The van der Waals surface area contributed by atoms with Gasteiger partial charge in [0.05, 0.1) is 0 Å². The quantitative estimate of drug-likeness (QED) is 0.905. The van der Waals surface area contributed by atoms with E-state index in [1.54, 1.807) is 12.1 Å². The predicted molar refractivity (Wildman–Crippen MR) is 56.7 cm³/mol. The van der Waals surface area contributed by atoms with Gasteiger partial charge in [-0.2, -0.15) is 13.2 Å². The lowest BCUT2D eigenvalue weighted by molar-refractivity contribution is -0.210. The van der Waals surface area contributed by atoms with E-state index in [-0.39, 0.29) is 11.5 Å². The number of Topliss-reactive ketones (excluding diaryl/α,β-unsaturated/α-hetero) is 1.